The molecule has 1 aromatic rings. The lowest BCUT2D eigenvalue weighted by molar-refractivity contribution is -0.139. The van der Waals surface area contributed by atoms with Crippen molar-refractivity contribution in [2.45, 2.75) is 19.8 Å². The Bertz CT molecular complexity index is 677. The van der Waals surface area contributed by atoms with Crippen LogP contribution in [0.3, 0.4) is 0 Å². The number of carbonyl (C=O) groups excluding carboxylic acids is 2. The molecule has 29 heavy (non-hydrogen) atoms. The second kappa shape index (κ2) is 13.0. The lowest BCUT2D eigenvalue weighted by Gasteiger charge is -2.24. The van der Waals surface area contributed by atoms with Gasteiger partial charge in [0.25, 0.3) is 5.91 Å². The molecule has 0 saturated carbocycles. The minimum Gasteiger partial charge on any atom is -0.469 e. The SMILES string of the molecule is CCc1c(OCOC)cc(OCOC)c(C(=O)N(C)CCOC)c1CC(=O)OC. The van der Waals surface area contributed by atoms with E-state index in [1.54, 1.807) is 20.2 Å². The highest BCUT2D eigenvalue weighted by Gasteiger charge is 2.28. The molecular formula is C20H31NO8. The van der Waals surface area contributed by atoms with Crippen LogP contribution in [-0.2, 0) is 36.6 Å². The molecule has 0 spiro atoms. The molecule has 1 aromatic carbocycles. The third kappa shape index (κ3) is 6.88. The highest BCUT2D eigenvalue weighted by Crippen LogP contribution is 2.36. The molecule has 164 valence electrons. The largest absolute Gasteiger partial charge is 0.469 e. The van der Waals surface area contributed by atoms with Crippen molar-refractivity contribution >= 4 is 11.9 Å². The van der Waals surface area contributed by atoms with E-state index in [9.17, 15) is 9.59 Å². The highest BCUT2D eigenvalue weighted by atomic mass is 16.7. The molecule has 0 atom stereocenters. The normalized spacial score (nSPS) is 10.6. The minimum absolute atomic E-state index is 0.00934. The Kier molecular flexibility index (Phi) is 11.0. The molecule has 0 aliphatic rings. The topological polar surface area (TPSA) is 92.8 Å². The number of hydrogen-bond donors (Lipinski definition) is 0. The van der Waals surface area contributed by atoms with Crippen LogP contribution in [0, 0.1) is 0 Å². The summed E-state index contributed by atoms with van der Waals surface area (Å²) in [6.45, 7) is 2.59. The Hall–Kier alpha value is -2.36. The van der Waals surface area contributed by atoms with Gasteiger partial charge in [0.2, 0.25) is 0 Å². The zero-order valence-corrected chi connectivity index (χ0v) is 18.0. The van der Waals surface area contributed by atoms with E-state index in [0.29, 0.717) is 36.4 Å². The third-order valence-corrected chi connectivity index (χ3v) is 4.23. The van der Waals surface area contributed by atoms with E-state index < -0.39 is 5.97 Å². The molecule has 0 aliphatic heterocycles. The number of nitrogens with zero attached hydrogens (tertiary/aromatic N) is 1. The second-order valence-electron chi connectivity index (χ2n) is 6.13. The third-order valence-electron chi connectivity index (χ3n) is 4.23. The van der Waals surface area contributed by atoms with Gasteiger partial charge in [-0.15, -0.1) is 0 Å². The Balaban J connectivity index is 3.62. The van der Waals surface area contributed by atoms with Gasteiger partial charge >= 0.3 is 5.97 Å². The summed E-state index contributed by atoms with van der Waals surface area (Å²) in [4.78, 5) is 26.9. The zero-order valence-electron chi connectivity index (χ0n) is 18.0. The van der Waals surface area contributed by atoms with Crippen LogP contribution < -0.4 is 9.47 Å². The van der Waals surface area contributed by atoms with Crippen LogP contribution in [0.5, 0.6) is 11.5 Å². The summed E-state index contributed by atoms with van der Waals surface area (Å²) in [5, 5.41) is 0. The Morgan fingerprint density at radius 2 is 1.55 bits per heavy atom. The van der Waals surface area contributed by atoms with Crippen LogP contribution in [0.25, 0.3) is 0 Å². The van der Waals surface area contributed by atoms with Crippen LogP contribution >= 0.6 is 0 Å². The number of likely N-dealkylation sites (N-methyl/N-ethyl adjacent to an activating group) is 1. The summed E-state index contributed by atoms with van der Waals surface area (Å²) in [6, 6.07) is 1.62. The molecule has 1 rings (SSSR count). The summed E-state index contributed by atoms with van der Waals surface area (Å²) < 4.78 is 31.2. The zero-order chi connectivity index (χ0) is 21.8. The van der Waals surface area contributed by atoms with E-state index in [2.05, 4.69) is 0 Å². The first-order chi connectivity index (χ1) is 13.9. The Morgan fingerprint density at radius 1 is 0.931 bits per heavy atom. The highest BCUT2D eigenvalue weighted by molar-refractivity contribution is 6.00. The van der Waals surface area contributed by atoms with Crippen molar-refractivity contribution in [3.05, 3.63) is 22.8 Å². The van der Waals surface area contributed by atoms with E-state index in [1.807, 2.05) is 6.92 Å². The molecule has 9 heteroatoms. The molecule has 0 saturated heterocycles. The summed E-state index contributed by atoms with van der Waals surface area (Å²) in [6.07, 6.45) is 0.421. The molecule has 0 fully saturated rings. The Morgan fingerprint density at radius 3 is 2.07 bits per heavy atom. The molecule has 0 N–H and O–H groups in total. The molecule has 0 aliphatic carbocycles. The second-order valence-corrected chi connectivity index (χ2v) is 6.13. The summed E-state index contributed by atoms with van der Waals surface area (Å²) >= 11 is 0. The van der Waals surface area contributed by atoms with Gasteiger partial charge in [0.15, 0.2) is 13.6 Å². The van der Waals surface area contributed by atoms with Crippen molar-refractivity contribution in [1.29, 1.82) is 0 Å². The van der Waals surface area contributed by atoms with E-state index in [1.165, 1.54) is 26.2 Å². The Labute approximate surface area is 171 Å². The first kappa shape index (κ1) is 24.7. The summed E-state index contributed by atoms with van der Waals surface area (Å²) in [5.41, 5.74) is 1.47. The van der Waals surface area contributed by atoms with Crippen molar-refractivity contribution < 1.29 is 38.0 Å². The predicted molar refractivity (Wildman–Crippen MR) is 105 cm³/mol. The fourth-order valence-electron chi connectivity index (χ4n) is 2.77. The van der Waals surface area contributed by atoms with Gasteiger partial charge in [-0.1, -0.05) is 6.92 Å². The maximum absolute atomic E-state index is 13.3. The monoisotopic (exact) mass is 413 g/mol. The first-order valence-corrected chi connectivity index (χ1v) is 9.18. The van der Waals surface area contributed by atoms with Crippen molar-refractivity contribution in [2.24, 2.45) is 0 Å². The van der Waals surface area contributed by atoms with Gasteiger partial charge < -0.3 is 33.3 Å². The van der Waals surface area contributed by atoms with Gasteiger partial charge in [0.1, 0.15) is 11.5 Å². The van der Waals surface area contributed by atoms with Gasteiger partial charge in [-0.2, -0.15) is 0 Å². The minimum atomic E-state index is -0.477. The van der Waals surface area contributed by atoms with Crippen LogP contribution in [-0.4, -0.2) is 79.0 Å². The number of rotatable bonds is 13. The van der Waals surface area contributed by atoms with Gasteiger partial charge in [-0.3, -0.25) is 9.59 Å². The molecule has 0 aromatic heterocycles. The number of hydrogen-bond acceptors (Lipinski definition) is 8. The number of methoxy groups -OCH3 is 4. The quantitative estimate of drug-likeness (QED) is 0.356. The van der Waals surface area contributed by atoms with Crippen molar-refractivity contribution in [3.63, 3.8) is 0 Å². The van der Waals surface area contributed by atoms with Crippen LogP contribution in [0.1, 0.15) is 28.4 Å². The number of esters is 1. The first-order valence-electron chi connectivity index (χ1n) is 9.18. The number of carbonyl (C=O) groups is 2. The number of amides is 1. The maximum atomic E-state index is 13.3. The standard InChI is InChI=1S/C20H31NO8/c1-7-14-15(10-18(22)27-6)19(20(23)21(2)8-9-24-3)17(29-13-26-5)11-16(14)28-12-25-4/h11H,7-10,12-13H2,1-6H3. The van der Waals surface area contributed by atoms with Crippen LogP contribution in [0.2, 0.25) is 0 Å². The van der Waals surface area contributed by atoms with Gasteiger partial charge in [0.05, 0.1) is 25.7 Å². The van der Waals surface area contributed by atoms with Crippen molar-refractivity contribution in [1.82, 2.24) is 4.90 Å². The predicted octanol–water partition coefficient (Wildman–Crippen LogP) is 1.65. The van der Waals surface area contributed by atoms with Crippen molar-refractivity contribution in [3.8, 4) is 11.5 Å². The van der Waals surface area contributed by atoms with Crippen LogP contribution in [0.4, 0.5) is 0 Å². The molecule has 0 heterocycles. The smallest absolute Gasteiger partial charge is 0.310 e. The van der Waals surface area contributed by atoms with Crippen LogP contribution in [0.15, 0.2) is 6.07 Å². The average Bonchev–Trinajstić information content (AvgIpc) is 2.73. The molecule has 0 unspecified atom stereocenters. The maximum Gasteiger partial charge on any atom is 0.310 e. The molecule has 9 nitrogen and oxygen atoms in total. The van der Waals surface area contributed by atoms with Crippen molar-refractivity contribution in [2.75, 3.05) is 62.2 Å². The van der Waals surface area contributed by atoms with E-state index in [-0.39, 0.29) is 37.2 Å². The molecule has 0 radical (unpaired) electrons. The number of ether oxygens (including phenoxy) is 6. The molecular weight excluding hydrogens is 382 g/mol. The molecule has 1 amide bonds. The van der Waals surface area contributed by atoms with Gasteiger partial charge in [0, 0.05) is 41.0 Å². The molecule has 0 bridgehead atoms. The fraction of sp³-hybridized carbons (Fsp3) is 0.600. The summed E-state index contributed by atoms with van der Waals surface area (Å²) in [5.74, 6) is -0.0614. The van der Waals surface area contributed by atoms with E-state index >= 15 is 0 Å². The summed E-state index contributed by atoms with van der Waals surface area (Å²) in [7, 11) is 7.50. The average molecular weight is 413 g/mol. The van der Waals surface area contributed by atoms with E-state index in [0.717, 1.165) is 0 Å². The van der Waals surface area contributed by atoms with E-state index in [4.69, 9.17) is 28.4 Å². The number of benzene rings is 1. The van der Waals surface area contributed by atoms with Gasteiger partial charge in [-0.05, 0) is 17.5 Å². The lowest BCUT2D eigenvalue weighted by Crippen LogP contribution is -2.32. The fourth-order valence-corrected chi connectivity index (χ4v) is 2.77. The van der Waals surface area contributed by atoms with Gasteiger partial charge in [-0.25, -0.2) is 0 Å². The lowest BCUT2D eigenvalue weighted by atomic mass is 9.93.